The van der Waals surface area contributed by atoms with E-state index in [1.807, 2.05) is 31.5 Å². The summed E-state index contributed by atoms with van der Waals surface area (Å²) in [6.07, 6.45) is 0.602. The van der Waals surface area contributed by atoms with E-state index < -0.39 is 0 Å². The van der Waals surface area contributed by atoms with Crippen molar-refractivity contribution in [3.8, 4) is 0 Å². The van der Waals surface area contributed by atoms with Crippen LogP contribution < -0.4 is 15.4 Å². The minimum Gasteiger partial charge on any atom is -0.854 e. The molecule has 0 aliphatic rings. The quantitative estimate of drug-likeness (QED) is 0.821. The van der Waals surface area contributed by atoms with Crippen molar-refractivity contribution in [1.29, 1.82) is 0 Å². The van der Waals surface area contributed by atoms with Crippen molar-refractivity contribution < 1.29 is 9.67 Å². The van der Waals surface area contributed by atoms with Gasteiger partial charge in [-0.25, -0.2) is 4.98 Å². The number of hydrogen-bond acceptors (Lipinski definition) is 4. The van der Waals surface area contributed by atoms with Crippen LogP contribution in [-0.4, -0.2) is 11.6 Å². The van der Waals surface area contributed by atoms with Crippen LogP contribution in [0, 0.1) is 13.8 Å². The van der Waals surface area contributed by atoms with Gasteiger partial charge in [-0.15, -0.1) is 6.61 Å². The lowest BCUT2D eigenvalue weighted by atomic mass is 10.2. The maximum atomic E-state index is 10.7. The second-order valence-electron chi connectivity index (χ2n) is 4.31. The van der Waals surface area contributed by atoms with Crippen molar-refractivity contribution in [3.63, 3.8) is 0 Å². The van der Waals surface area contributed by atoms with Gasteiger partial charge in [0.05, 0.1) is 10.4 Å². The van der Waals surface area contributed by atoms with Gasteiger partial charge in [-0.05, 0) is 25.5 Å². The lowest BCUT2D eigenvalue weighted by Gasteiger charge is -2.03. The molecule has 4 nitrogen and oxygen atoms in total. The lowest BCUT2D eigenvalue weighted by Crippen LogP contribution is -2.35. The average Bonchev–Trinajstić information content (AvgIpc) is 2.66. The molecule has 0 aromatic carbocycles. The number of rotatable bonds is 4. The van der Waals surface area contributed by atoms with Crippen molar-refractivity contribution in [1.82, 2.24) is 4.98 Å². The van der Waals surface area contributed by atoms with Crippen LogP contribution in [0.15, 0.2) is 17.6 Å². The zero-order valence-corrected chi connectivity index (χ0v) is 11.5. The molecule has 0 unspecified atom stereocenters. The van der Waals surface area contributed by atoms with E-state index in [2.05, 4.69) is 9.55 Å². The number of aromatic nitrogens is 2. The number of thiazole rings is 1. The molecule has 0 saturated carbocycles. The summed E-state index contributed by atoms with van der Waals surface area (Å²) >= 11 is 1.63. The van der Waals surface area contributed by atoms with Gasteiger partial charge in [-0.2, -0.15) is 4.57 Å². The number of pyridine rings is 1. The van der Waals surface area contributed by atoms with E-state index in [0.717, 1.165) is 21.8 Å². The molecule has 2 aromatic heterocycles. The number of hydrogen-bond donors (Lipinski definition) is 1. The largest absolute Gasteiger partial charge is 0.854 e. The summed E-state index contributed by atoms with van der Waals surface area (Å²) in [5.74, 6) is 0.582. The van der Waals surface area contributed by atoms with Gasteiger partial charge in [-0.3, -0.25) is 0 Å². The molecular formula is C13H17N3OS. The first-order valence-corrected chi connectivity index (χ1v) is 6.76. The van der Waals surface area contributed by atoms with Gasteiger partial charge in [0, 0.05) is 12.6 Å². The van der Waals surface area contributed by atoms with Crippen LogP contribution in [-0.2, 0) is 13.0 Å². The summed E-state index contributed by atoms with van der Waals surface area (Å²) < 4.78 is 2.12. The maximum Gasteiger partial charge on any atom is 0.225 e. The maximum absolute atomic E-state index is 10.7. The first-order valence-electron chi connectivity index (χ1n) is 5.88. The second-order valence-corrected chi connectivity index (χ2v) is 5.25. The molecule has 0 spiro atoms. The van der Waals surface area contributed by atoms with Crippen LogP contribution in [0.1, 0.15) is 21.8 Å². The number of aryl methyl sites for hydroxylation is 1. The minimum atomic E-state index is -0.0599. The molecule has 96 valence electrons. The lowest BCUT2D eigenvalue weighted by molar-refractivity contribution is -0.689. The zero-order chi connectivity index (χ0) is 13.1. The Balaban J connectivity index is 2.23. The fraction of sp³-hybridized carbons (Fsp3) is 0.385. The van der Waals surface area contributed by atoms with Crippen LogP contribution in [0.5, 0.6) is 0 Å². The molecule has 0 radical (unpaired) electrons. The predicted octanol–water partition coefficient (Wildman–Crippen LogP) is 0.581. The summed E-state index contributed by atoms with van der Waals surface area (Å²) in [4.78, 5) is 5.42. The minimum absolute atomic E-state index is 0.0599. The molecule has 0 aliphatic heterocycles. The molecule has 0 atom stereocenters. The van der Waals surface area contributed by atoms with Crippen molar-refractivity contribution in [2.45, 2.75) is 26.8 Å². The third-order valence-corrected chi connectivity index (χ3v) is 4.12. The monoisotopic (exact) mass is 263 g/mol. The highest BCUT2D eigenvalue weighted by Gasteiger charge is 2.15. The zero-order valence-electron chi connectivity index (χ0n) is 10.6. The van der Waals surface area contributed by atoms with Gasteiger partial charge < -0.3 is 10.8 Å². The van der Waals surface area contributed by atoms with Crippen molar-refractivity contribution in [3.05, 3.63) is 39.5 Å². The topological polar surface area (TPSA) is 65.8 Å². The van der Waals surface area contributed by atoms with Crippen molar-refractivity contribution in [2.24, 2.45) is 0 Å². The molecule has 2 heterocycles. The Morgan fingerprint density at radius 1 is 1.39 bits per heavy atom. The Morgan fingerprint density at radius 2 is 2.17 bits per heavy atom. The Hall–Kier alpha value is -1.46. The molecular weight excluding hydrogens is 246 g/mol. The molecule has 18 heavy (non-hydrogen) atoms. The van der Waals surface area contributed by atoms with Crippen LogP contribution in [0.3, 0.4) is 0 Å². The smallest absolute Gasteiger partial charge is 0.225 e. The highest BCUT2D eigenvalue weighted by atomic mass is 32.1. The van der Waals surface area contributed by atoms with Gasteiger partial charge in [0.1, 0.15) is 5.82 Å². The van der Waals surface area contributed by atoms with E-state index in [0.29, 0.717) is 18.8 Å². The van der Waals surface area contributed by atoms with Crippen LogP contribution in [0.25, 0.3) is 0 Å². The van der Waals surface area contributed by atoms with Gasteiger partial charge in [0.15, 0.2) is 12.2 Å². The highest BCUT2D eigenvalue weighted by molar-refractivity contribution is 7.09. The van der Waals surface area contributed by atoms with Crippen LogP contribution in [0.2, 0.25) is 0 Å². The van der Waals surface area contributed by atoms with Crippen LogP contribution >= 0.6 is 11.3 Å². The molecule has 0 amide bonds. The highest BCUT2D eigenvalue weighted by Crippen LogP contribution is 2.14. The van der Waals surface area contributed by atoms with E-state index in [1.165, 1.54) is 0 Å². The normalized spacial score (nSPS) is 10.8. The summed E-state index contributed by atoms with van der Waals surface area (Å²) in [6, 6.07) is 3.97. The second kappa shape index (κ2) is 5.46. The predicted molar refractivity (Wildman–Crippen MR) is 70.3 cm³/mol. The summed E-state index contributed by atoms with van der Waals surface area (Å²) in [5.41, 5.74) is 11.0. The Morgan fingerprint density at radius 3 is 2.83 bits per heavy atom. The molecule has 0 saturated heterocycles. The van der Waals surface area contributed by atoms with E-state index in [9.17, 15) is 5.11 Å². The summed E-state index contributed by atoms with van der Waals surface area (Å²) in [6.45, 7) is 4.62. The summed E-state index contributed by atoms with van der Waals surface area (Å²) in [5, 5.41) is 10.7. The van der Waals surface area contributed by atoms with Gasteiger partial charge in [0.2, 0.25) is 5.51 Å². The molecule has 0 bridgehead atoms. The number of nitrogen functional groups attached to an aromatic ring is 1. The van der Waals surface area contributed by atoms with E-state index in [-0.39, 0.29) is 6.61 Å². The first kappa shape index (κ1) is 13.0. The van der Waals surface area contributed by atoms with E-state index in [1.54, 1.807) is 11.3 Å². The first-order chi connectivity index (χ1) is 8.61. The summed E-state index contributed by atoms with van der Waals surface area (Å²) in [7, 11) is 0. The average molecular weight is 263 g/mol. The van der Waals surface area contributed by atoms with Crippen LogP contribution in [0.4, 0.5) is 5.82 Å². The van der Waals surface area contributed by atoms with Gasteiger partial charge in [0.25, 0.3) is 0 Å². The van der Waals surface area contributed by atoms with E-state index >= 15 is 0 Å². The molecule has 2 aromatic rings. The Labute approximate surface area is 111 Å². The molecule has 0 aliphatic carbocycles. The molecule has 2 N–H and O–H groups in total. The number of nitrogens with zero attached hydrogens (tertiary/aromatic N) is 2. The Bertz CT molecular complexity index is 551. The standard InChI is InChI=1S/C13H17N3OS/c1-9-3-4-11(13(14)15-9)7-16-8-18-12(5-6-17)10(16)2/h3-4,8H,5-7H2,1-2H3,(H2,14,15). The third kappa shape index (κ3) is 2.68. The molecule has 2 rings (SSSR count). The number of nitrogens with two attached hydrogens (primary N) is 1. The Kier molecular flexibility index (Phi) is 3.93. The van der Waals surface area contributed by atoms with Crippen molar-refractivity contribution in [2.75, 3.05) is 12.3 Å². The van der Waals surface area contributed by atoms with Gasteiger partial charge in [-0.1, -0.05) is 11.3 Å². The number of anilines is 1. The SMILES string of the molecule is Cc1ccc(C[n+]2csc(CC[O-])c2C)c(N)n1. The van der Waals surface area contributed by atoms with Crippen molar-refractivity contribution >= 4 is 17.2 Å². The third-order valence-electron chi connectivity index (χ3n) is 2.98. The molecule has 0 fully saturated rings. The van der Waals surface area contributed by atoms with E-state index in [4.69, 9.17) is 5.73 Å². The molecule has 5 heteroatoms. The van der Waals surface area contributed by atoms with Gasteiger partial charge >= 0.3 is 0 Å². The fourth-order valence-corrected chi connectivity index (χ4v) is 2.84. The fourth-order valence-electron chi connectivity index (χ4n) is 1.86.